The summed E-state index contributed by atoms with van der Waals surface area (Å²) in [7, 11) is 2.11. The maximum absolute atomic E-state index is 12.3. The zero-order valence-electron chi connectivity index (χ0n) is 14.8. The van der Waals surface area contributed by atoms with E-state index in [4.69, 9.17) is 0 Å². The Hall–Kier alpha value is -2.40. The van der Waals surface area contributed by atoms with Gasteiger partial charge in [0.2, 0.25) is 0 Å². The monoisotopic (exact) mass is 328 g/mol. The third kappa shape index (κ3) is 4.32. The Morgan fingerprint density at radius 1 is 1.17 bits per heavy atom. The first-order chi connectivity index (χ1) is 11.4. The second kappa shape index (κ2) is 7.93. The third-order valence-electron chi connectivity index (χ3n) is 4.20. The van der Waals surface area contributed by atoms with E-state index in [0.717, 1.165) is 24.3 Å². The molecule has 1 atom stereocenters. The van der Waals surface area contributed by atoms with E-state index in [0.29, 0.717) is 17.8 Å². The summed E-state index contributed by atoms with van der Waals surface area (Å²) in [5, 5.41) is 2.93. The van der Waals surface area contributed by atoms with Crippen LogP contribution in [0.25, 0.3) is 0 Å². The van der Waals surface area contributed by atoms with Gasteiger partial charge in [0.15, 0.2) is 5.78 Å². The fourth-order valence-electron chi connectivity index (χ4n) is 3.02. The van der Waals surface area contributed by atoms with E-state index in [-0.39, 0.29) is 11.7 Å². The summed E-state index contributed by atoms with van der Waals surface area (Å²) in [6, 6.07) is 10.3. The number of carbonyl (C=O) groups is 2. The van der Waals surface area contributed by atoms with Crippen molar-refractivity contribution in [1.82, 2.24) is 10.3 Å². The minimum Gasteiger partial charge on any atom is -0.354 e. The number of rotatable bonds is 7. The molecule has 5 heteroatoms. The van der Waals surface area contributed by atoms with Crippen LogP contribution < -0.4 is 10.2 Å². The topological polar surface area (TPSA) is 66.4 Å². The van der Waals surface area contributed by atoms with Crippen LogP contribution in [0.3, 0.4) is 0 Å². The van der Waals surface area contributed by atoms with Gasteiger partial charge in [0.25, 0.3) is 5.91 Å². The van der Waals surface area contributed by atoms with Crippen LogP contribution in [0.15, 0.2) is 30.3 Å². The van der Waals surface area contributed by atoms with E-state index < -0.39 is 0 Å². The predicted octanol–water partition coefficient (Wildman–Crippen LogP) is 1.28. The molecule has 0 radical (unpaired) electrons. The molecule has 1 aromatic carbocycles. The fourth-order valence-corrected chi connectivity index (χ4v) is 3.02. The Balaban J connectivity index is 1.87. The van der Waals surface area contributed by atoms with Gasteiger partial charge in [-0.05, 0) is 26.3 Å². The van der Waals surface area contributed by atoms with Gasteiger partial charge in [-0.15, -0.1) is 0 Å². The predicted molar refractivity (Wildman–Crippen MR) is 94.5 cm³/mol. The number of quaternary nitrogens is 1. The summed E-state index contributed by atoms with van der Waals surface area (Å²) in [6.45, 7) is 7.49. The fraction of sp³-hybridized carbons (Fsp3) is 0.368. The van der Waals surface area contributed by atoms with Crippen LogP contribution in [0.2, 0.25) is 0 Å². The normalized spacial score (nSPS) is 12.0. The van der Waals surface area contributed by atoms with Crippen molar-refractivity contribution in [2.45, 2.75) is 27.3 Å². The highest BCUT2D eigenvalue weighted by atomic mass is 16.2. The first kappa shape index (κ1) is 17.9. The Kier molecular flexibility index (Phi) is 5.93. The smallest absolute Gasteiger partial charge is 0.268 e. The average Bonchev–Trinajstić information content (AvgIpc) is 2.83. The van der Waals surface area contributed by atoms with Gasteiger partial charge in [-0.3, -0.25) is 9.59 Å². The second-order valence-corrected chi connectivity index (χ2v) is 6.31. The van der Waals surface area contributed by atoms with Crippen LogP contribution in [-0.2, 0) is 6.54 Å². The molecule has 0 aliphatic heterocycles. The average molecular weight is 328 g/mol. The molecule has 0 bridgehead atoms. The first-order valence-electron chi connectivity index (χ1n) is 8.23. The van der Waals surface area contributed by atoms with E-state index in [1.807, 2.05) is 32.0 Å². The number of hydrogen-bond donors (Lipinski definition) is 3. The first-order valence-corrected chi connectivity index (χ1v) is 8.23. The minimum atomic E-state index is -0.157. The number of carbonyl (C=O) groups excluding carboxylic acids is 2. The molecule has 3 N–H and O–H groups in total. The number of nitrogens with one attached hydrogen (secondary N) is 3. The lowest BCUT2D eigenvalue weighted by Crippen LogP contribution is -3.08. The quantitative estimate of drug-likeness (QED) is 0.670. The SMILES string of the molecule is CC(=O)c1c(C)[nH]c(C(=O)NCC[NH+](C)Cc2ccccc2)c1C. The summed E-state index contributed by atoms with van der Waals surface area (Å²) >= 11 is 0. The number of H-pyrrole nitrogens is 1. The van der Waals surface area contributed by atoms with Crippen molar-refractivity contribution in [2.75, 3.05) is 20.1 Å². The lowest BCUT2D eigenvalue weighted by atomic mass is 10.1. The van der Waals surface area contributed by atoms with Crippen LogP contribution in [0.1, 0.15) is 44.6 Å². The van der Waals surface area contributed by atoms with Crippen molar-refractivity contribution >= 4 is 11.7 Å². The number of benzene rings is 1. The van der Waals surface area contributed by atoms with E-state index in [9.17, 15) is 9.59 Å². The molecule has 24 heavy (non-hydrogen) atoms. The number of hydrogen-bond acceptors (Lipinski definition) is 2. The van der Waals surface area contributed by atoms with Gasteiger partial charge < -0.3 is 15.2 Å². The van der Waals surface area contributed by atoms with Gasteiger partial charge in [-0.2, -0.15) is 0 Å². The molecule has 1 unspecified atom stereocenters. The summed E-state index contributed by atoms with van der Waals surface area (Å²) in [4.78, 5) is 28.3. The van der Waals surface area contributed by atoms with Crippen LogP contribution >= 0.6 is 0 Å². The largest absolute Gasteiger partial charge is 0.354 e. The van der Waals surface area contributed by atoms with Crippen LogP contribution in [0.4, 0.5) is 0 Å². The number of Topliss-reactive ketones (excluding diaryl/α,β-unsaturated/α-hetero) is 1. The lowest BCUT2D eigenvalue weighted by molar-refractivity contribution is -0.892. The number of ketones is 1. The van der Waals surface area contributed by atoms with Crippen molar-refractivity contribution < 1.29 is 14.5 Å². The molecular formula is C19H26N3O2+. The molecule has 0 spiro atoms. The molecule has 1 aromatic heterocycles. The number of amides is 1. The zero-order chi connectivity index (χ0) is 17.7. The Morgan fingerprint density at radius 2 is 1.83 bits per heavy atom. The zero-order valence-corrected chi connectivity index (χ0v) is 14.8. The van der Waals surface area contributed by atoms with Crippen molar-refractivity contribution in [3.8, 4) is 0 Å². The van der Waals surface area contributed by atoms with Gasteiger partial charge in [0.1, 0.15) is 12.2 Å². The number of aryl methyl sites for hydroxylation is 1. The summed E-state index contributed by atoms with van der Waals surface area (Å²) < 4.78 is 0. The molecule has 0 saturated heterocycles. The molecule has 1 heterocycles. The molecule has 0 saturated carbocycles. The van der Waals surface area contributed by atoms with Gasteiger partial charge in [0.05, 0.1) is 20.1 Å². The Morgan fingerprint density at radius 3 is 2.42 bits per heavy atom. The van der Waals surface area contributed by atoms with Gasteiger partial charge in [0, 0.05) is 16.8 Å². The molecule has 2 rings (SSSR count). The second-order valence-electron chi connectivity index (χ2n) is 6.31. The van der Waals surface area contributed by atoms with E-state index in [2.05, 4.69) is 29.5 Å². The third-order valence-corrected chi connectivity index (χ3v) is 4.20. The molecule has 0 aliphatic carbocycles. The molecular weight excluding hydrogens is 302 g/mol. The molecule has 1 amide bonds. The van der Waals surface area contributed by atoms with Crippen LogP contribution in [0, 0.1) is 13.8 Å². The van der Waals surface area contributed by atoms with E-state index in [1.165, 1.54) is 17.4 Å². The molecule has 2 aromatic rings. The van der Waals surface area contributed by atoms with Crippen LogP contribution in [-0.4, -0.2) is 36.8 Å². The van der Waals surface area contributed by atoms with Crippen molar-refractivity contribution in [2.24, 2.45) is 0 Å². The van der Waals surface area contributed by atoms with Gasteiger partial charge >= 0.3 is 0 Å². The maximum atomic E-state index is 12.3. The summed E-state index contributed by atoms with van der Waals surface area (Å²) in [5.74, 6) is -0.178. The summed E-state index contributed by atoms with van der Waals surface area (Å²) in [6.07, 6.45) is 0. The maximum Gasteiger partial charge on any atom is 0.268 e. The minimum absolute atomic E-state index is 0.0210. The van der Waals surface area contributed by atoms with Crippen LogP contribution in [0.5, 0.6) is 0 Å². The number of aromatic nitrogens is 1. The lowest BCUT2D eigenvalue weighted by Gasteiger charge is -2.14. The van der Waals surface area contributed by atoms with E-state index >= 15 is 0 Å². The molecule has 5 nitrogen and oxygen atoms in total. The summed E-state index contributed by atoms with van der Waals surface area (Å²) in [5.41, 5.74) is 3.85. The van der Waals surface area contributed by atoms with Gasteiger partial charge in [-0.1, -0.05) is 30.3 Å². The Bertz CT molecular complexity index is 720. The highest BCUT2D eigenvalue weighted by Crippen LogP contribution is 2.18. The van der Waals surface area contributed by atoms with Gasteiger partial charge in [-0.25, -0.2) is 0 Å². The Labute approximate surface area is 143 Å². The van der Waals surface area contributed by atoms with Crippen molar-refractivity contribution in [3.63, 3.8) is 0 Å². The highest BCUT2D eigenvalue weighted by molar-refractivity contribution is 6.02. The standard InChI is InChI=1S/C19H25N3O2/c1-13-17(15(3)23)14(2)21-18(13)19(24)20-10-11-22(4)12-16-8-6-5-7-9-16/h5-9,21H,10-12H2,1-4H3,(H,20,24)/p+1. The number of aromatic amines is 1. The van der Waals surface area contributed by atoms with E-state index in [1.54, 1.807) is 0 Å². The van der Waals surface area contributed by atoms with Crippen molar-refractivity contribution in [1.29, 1.82) is 0 Å². The highest BCUT2D eigenvalue weighted by Gasteiger charge is 2.19. The molecule has 0 aliphatic rings. The van der Waals surface area contributed by atoms with Crippen molar-refractivity contribution in [3.05, 3.63) is 58.4 Å². The number of likely N-dealkylation sites (N-methyl/N-ethyl adjacent to an activating group) is 1. The molecule has 0 fully saturated rings. The molecule has 128 valence electrons.